The number of benzene rings is 1. The number of carbonyl (C=O) groups is 2. The van der Waals surface area contributed by atoms with Gasteiger partial charge in [0.1, 0.15) is 23.6 Å². The number of nitrogen functional groups attached to an aromatic ring is 1. The Hall–Kier alpha value is -3.21. The normalized spacial score (nSPS) is 16.7. The fraction of sp³-hybridized carbons (Fsp3) is 0.400. The van der Waals surface area contributed by atoms with Crippen LogP contribution in [0, 0.1) is 6.92 Å². The summed E-state index contributed by atoms with van der Waals surface area (Å²) in [6.07, 6.45) is 1.57. The molecule has 1 aliphatic heterocycles. The molecule has 2 aromatic rings. The maximum Gasteiger partial charge on any atom is 0.327 e. The molecule has 2 heterocycles. The summed E-state index contributed by atoms with van der Waals surface area (Å²) in [5, 5.41) is -1.34. The van der Waals surface area contributed by atoms with Gasteiger partial charge in [-0.1, -0.05) is 29.8 Å². The summed E-state index contributed by atoms with van der Waals surface area (Å²) in [6, 6.07) is 6.98. The highest BCUT2D eigenvalue weighted by Gasteiger charge is 2.51. The maximum atomic E-state index is 13.4. The van der Waals surface area contributed by atoms with Gasteiger partial charge >= 0.3 is 6.03 Å². The van der Waals surface area contributed by atoms with Gasteiger partial charge in [-0.15, -0.1) is 0 Å². The number of nitrogens with zero attached hydrogens (tertiary/aromatic N) is 5. The number of amides is 2. The minimum Gasteiger partial charge on any atom is -0.382 e. The van der Waals surface area contributed by atoms with Gasteiger partial charge in [-0.2, -0.15) is 0 Å². The molecular formula is C20H26N6O4S. The topological polar surface area (TPSA) is 130 Å². The van der Waals surface area contributed by atoms with Crippen LogP contribution in [0.5, 0.6) is 0 Å². The molecule has 1 aromatic heterocycles. The van der Waals surface area contributed by atoms with Gasteiger partial charge < -0.3 is 20.3 Å². The van der Waals surface area contributed by atoms with E-state index in [-0.39, 0.29) is 23.9 Å². The zero-order chi connectivity index (χ0) is 22.9. The van der Waals surface area contributed by atoms with Crippen molar-refractivity contribution in [3.05, 3.63) is 41.7 Å². The van der Waals surface area contributed by atoms with E-state index in [1.807, 2.05) is 31.2 Å². The van der Waals surface area contributed by atoms with Crippen molar-refractivity contribution in [3.63, 3.8) is 0 Å². The van der Waals surface area contributed by atoms with Crippen molar-refractivity contribution in [2.24, 2.45) is 0 Å². The van der Waals surface area contributed by atoms with Crippen molar-refractivity contribution in [2.45, 2.75) is 38.1 Å². The number of sulfone groups is 1. The van der Waals surface area contributed by atoms with Crippen LogP contribution in [0.1, 0.15) is 25.0 Å². The fourth-order valence-corrected chi connectivity index (χ4v) is 4.88. The number of aryl methyl sites for hydroxylation is 1. The minimum atomic E-state index is -4.17. The molecular weight excluding hydrogens is 420 g/mol. The Morgan fingerprint density at radius 3 is 2.52 bits per heavy atom. The van der Waals surface area contributed by atoms with Crippen LogP contribution in [0.15, 0.2) is 30.6 Å². The Bertz CT molecular complexity index is 1090. The number of urea groups is 1. The summed E-state index contributed by atoms with van der Waals surface area (Å²) in [5.41, 5.74) is 6.56. The molecule has 0 saturated heterocycles. The van der Waals surface area contributed by atoms with E-state index in [1.54, 1.807) is 14.0 Å². The van der Waals surface area contributed by atoms with Crippen molar-refractivity contribution in [2.75, 3.05) is 29.1 Å². The predicted octanol–water partition coefficient (Wildman–Crippen LogP) is 1.55. The number of aromatic nitrogens is 2. The van der Waals surface area contributed by atoms with Gasteiger partial charge in [-0.3, -0.25) is 4.90 Å². The van der Waals surface area contributed by atoms with E-state index in [4.69, 9.17) is 5.73 Å². The van der Waals surface area contributed by atoms with E-state index in [0.717, 1.165) is 16.0 Å². The van der Waals surface area contributed by atoms with Crippen LogP contribution in [0.25, 0.3) is 0 Å². The SMILES string of the molecule is CCN(C)C(=O)N1c2c(N)ncnc2N(Cc2ccc(C)cc2)C1S(=O)(=O)C(C)C=O. The fourth-order valence-electron chi connectivity index (χ4n) is 3.32. The number of hydrogen-bond donors (Lipinski definition) is 1. The van der Waals surface area contributed by atoms with Crippen molar-refractivity contribution in [1.82, 2.24) is 14.9 Å². The number of fused-ring (bicyclic) bond motifs is 1. The molecule has 2 amide bonds. The summed E-state index contributed by atoms with van der Waals surface area (Å²) >= 11 is 0. The first-order valence-electron chi connectivity index (χ1n) is 9.78. The molecule has 11 heteroatoms. The number of rotatable bonds is 6. The van der Waals surface area contributed by atoms with E-state index in [1.165, 1.54) is 23.1 Å². The zero-order valence-electron chi connectivity index (χ0n) is 17.9. The predicted molar refractivity (Wildman–Crippen MR) is 118 cm³/mol. The van der Waals surface area contributed by atoms with Crippen molar-refractivity contribution in [3.8, 4) is 0 Å². The smallest absolute Gasteiger partial charge is 0.327 e. The monoisotopic (exact) mass is 446 g/mol. The van der Waals surface area contributed by atoms with Gasteiger partial charge in [0.15, 0.2) is 11.6 Å². The minimum absolute atomic E-state index is 0.0202. The van der Waals surface area contributed by atoms with Gasteiger partial charge in [0.25, 0.3) is 0 Å². The molecule has 0 bridgehead atoms. The van der Waals surface area contributed by atoms with Gasteiger partial charge in [-0.05, 0) is 26.3 Å². The Morgan fingerprint density at radius 1 is 1.29 bits per heavy atom. The van der Waals surface area contributed by atoms with Crippen LogP contribution in [-0.4, -0.2) is 59.9 Å². The largest absolute Gasteiger partial charge is 0.382 e. The first-order valence-corrected chi connectivity index (χ1v) is 11.4. The van der Waals surface area contributed by atoms with Crippen LogP contribution in [0.2, 0.25) is 0 Å². The summed E-state index contributed by atoms with van der Waals surface area (Å²) in [4.78, 5) is 36.9. The number of carbonyl (C=O) groups excluding carboxylic acids is 2. The Morgan fingerprint density at radius 2 is 1.94 bits per heavy atom. The first-order chi connectivity index (χ1) is 14.6. The van der Waals surface area contributed by atoms with E-state index in [2.05, 4.69) is 9.97 Å². The lowest BCUT2D eigenvalue weighted by molar-refractivity contribution is -0.107. The Kier molecular flexibility index (Phi) is 6.16. The number of anilines is 3. The average molecular weight is 447 g/mol. The molecule has 2 unspecified atom stereocenters. The molecule has 31 heavy (non-hydrogen) atoms. The van der Waals surface area contributed by atoms with Crippen LogP contribution >= 0.6 is 0 Å². The molecule has 2 N–H and O–H groups in total. The molecule has 166 valence electrons. The summed E-state index contributed by atoms with van der Waals surface area (Å²) in [7, 11) is -2.62. The van der Waals surface area contributed by atoms with E-state index in [0.29, 0.717) is 12.8 Å². The highest BCUT2D eigenvalue weighted by molar-refractivity contribution is 7.93. The molecule has 10 nitrogen and oxygen atoms in total. The average Bonchev–Trinajstić information content (AvgIpc) is 3.09. The lowest BCUT2D eigenvalue weighted by Crippen LogP contribution is -2.56. The second kappa shape index (κ2) is 8.50. The standard InChI is InChI=1S/C20H26N6O4S/c1-5-24(4)19(28)26-16-17(21)22-12-23-18(16)25(10-15-8-6-13(2)7-9-15)20(26)31(29,30)14(3)11-27/h6-9,11-12,14,20H,5,10H2,1-4H3,(H2,21,22,23). The molecule has 1 aliphatic rings. The Balaban J connectivity index is 2.23. The Labute approximate surface area is 181 Å². The second-order valence-corrected chi connectivity index (χ2v) is 9.81. The van der Waals surface area contributed by atoms with E-state index >= 15 is 0 Å². The number of nitrogens with two attached hydrogens (primary N) is 1. The molecule has 0 saturated carbocycles. The zero-order valence-corrected chi connectivity index (χ0v) is 18.7. The van der Waals surface area contributed by atoms with Crippen LogP contribution in [0.3, 0.4) is 0 Å². The molecule has 0 radical (unpaired) electrons. The first kappa shape index (κ1) is 22.5. The molecule has 1 aromatic carbocycles. The molecule has 3 rings (SSSR count). The lowest BCUT2D eigenvalue weighted by atomic mass is 10.1. The summed E-state index contributed by atoms with van der Waals surface area (Å²) in [5.74, 6) is 0.200. The third kappa shape index (κ3) is 3.92. The van der Waals surface area contributed by atoms with Crippen LogP contribution in [0.4, 0.5) is 22.1 Å². The highest BCUT2D eigenvalue weighted by Crippen LogP contribution is 2.44. The van der Waals surface area contributed by atoms with Gasteiger partial charge in [0.2, 0.25) is 15.3 Å². The van der Waals surface area contributed by atoms with Crippen LogP contribution < -0.4 is 15.5 Å². The third-order valence-corrected chi connectivity index (χ3v) is 7.52. The number of aldehydes is 1. The third-order valence-electron chi connectivity index (χ3n) is 5.32. The molecule has 0 aliphatic carbocycles. The lowest BCUT2D eigenvalue weighted by Gasteiger charge is -2.33. The van der Waals surface area contributed by atoms with Gasteiger partial charge in [0, 0.05) is 20.1 Å². The second-order valence-electron chi connectivity index (χ2n) is 7.47. The van der Waals surface area contributed by atoms with Crippen LogP contribution in [-0.2, 0) is 21.2 Å². The molecule has 2 atom stereocenters. The van der Waals surface area contributed by atoms with E-state index < -0.39 is 26.6 Å². The van der Waals surface area contributed by atoms with Gasteiger partial charge in [0.05, 0.1) is 0 Å². The quantitative estimate of drug-likeness (QED) is 0.662. The van der Waals surface area contributed by atoms with Crippen molar-refractivity contribution < 1.29 is 18.0 Å². The van der Waals surface area contributed by atoms with Crippen molar-refractivity contribution >= 4 is 39.5 Å². The maximum absolute atomic E-state index is 13.4. The van der Waals surface area contributed by atoms with Gasteiger partial charge in [-0.25, -0.2) is 23.2 Å². The molecule has 0 spiro atoms. The number of hydrogen-bond acceptors (Lipinski definition) is 8. The van der Waals surface area contributed by atoms with Crippen molar-refractivity contribution in [1.29, 1.82) is 0 Å². The highest BCUT2D eigenvalue weighted by atomic mass is 32.2. The summed E-state index contributed by atoms with van der Waals surface area (Å²) < 4.78 is 26.9. The summed E-state index contributed by atoms with van der Waals surface area (Å²) in [6.45, 7) is 5.48. The molecule has 0 fully saturated rings. The van der Waals surface area contributed by atoms with E-state index in [9.17, 15) is 18.0 Å².